The van der Waals surface area contributed by atoms with Gasteiger partial charge in [0.05, 0.1) is 32.5 Å². The molecule has 0 spiro atoms. The van der Waals surface area contributed by atoms with Gasteiger partial charge in [-0.25, -0.2) is 0 Å². The van der Waals surface area contributed by atoms with Crippen molar-refractivity contribution in [2.75, 3.05) is 40.6 Å². The highest BCUT2D eigenvalue weighted by atomic mass is 16.6. The number of nitrogens with zero attached hydrogens (tertiary/aromatic N) is 1. The lowest BCUT2D eigenvalue weighted by Gasteiger charge is -2.37. The highest BCUT2D eigenvalue weighted by molar-refractivity contribution is 6.18. The molecule has 0 aromatic heterocycles. The number of methoxy groups -OCH3 is 1. The smallest absolute Gasteiger partial charge is 0.256 e. The molecule has 3 aliphatic heterocycles. The van der Waals surface area contributed by atoms with Crippen molar-refractivity contribution in [2.24, 2.45) is 5.41 Å². The van der Waals surface area contributed by atoms with E-state index in [1.807, 2.05) is 0 Å². The van der Waals surface area contributed by atoms with Crippen LogP contribution in [0.3, 0.4) is 0 Å². The second-order valence-corrected chi connectivity index (χ2v) is 6.30. The second-order valence-electron chi connectivity index (χ2n) is 6.30. The van der Waals surface area contributed by atoms with Crippen molar-refractivity contribution in [3.8, 4) is 0 Å². The van der Waals surface area contributed by atoms with Gasteiger partial charge in [0.15, 0.2) is 0 Å². The Balaban J connectivity index is 0.000000179. The molecule has 6 nitrogen and oxygen atoms in total. The molecule has 22 heavy (non-hydrogen) atoms. The van der Waals surface area contributed by atoms with Gasteiger partial charge in [0, 0.05) is 30.7 Å². The standard InChI is InChI=1S/C7H9NO2.C6H12O2.C3H6O/c1-4-5(2)7(10)8(3)6(4)9;1-6(3-7-2)4-8-5-6;1-3-2-4-3/h1-3H3;3-5H2,1-2H3;3H,2H2,1H3. The molecule has 0 aromatic rings. The fourth-order valence-electron chi connectivity index (χ4n) is 1.89. The summed E-state index contributed by atoms with van der Waals surface area (Å²) >= 11 is 0. The fourth-order valence-corrected chi connectivity index (χ4v) is 1.89. The number of hydrogen-bond donors (Lipinski definition) is 0. The van der Waals surface area contributed by atoms with Gasteiger partial charge in [0.2, 0.25) is 0 Å². The summed E-state index contributed by atoms with van der Waals surface area (Å²) in [5, 5.41) is 0. The van der Waals surface area contributed by atoms with Crippen LogP contribution in [0.5, 0.6) is 0 Å². The van der Waals surface area contributed by atoms with E-state index >= 15 is 0 Å². The Morgan fingerprint density at radius 1 is 1.23 bits per heavy atom. The summed E-state index contributed by atoms with van der Waals surface area (Å²) in [6.45, 7) is 11.1. The number of epoxide rings is 1. The lowest BCUT2D eigenvalue weighted by molar-refractivity contribution is -0.135. The molecular formula is C16H27NO5. The zero-order valence-corrected chi connectivity index (χ0v) is 14.4. The van der Waals surface area contributed by atoms with Crippen molar-refractivity contribution >= 4 is 11.8 Å². The van der Waals surface area contributed by atoms with E-state index in [0.29, 0.717) is 22.7 Å². The second kappa shape index (κ2) is 7.85. The maximum Gasteiger partial charge on any atom is 0.256 e. The van der Waals surface area contributed by atoms with Gasteiger partial charge in [-0.2, -0.15) is 0 Å². The van der Waals surface area contributed by atoms with Crippen LogP contribution in [-0.2, 0) is 23.8 Å². The molecular weight excluding hydrogens is 286 g/mol. The Labute approximate surface area is 132 Å². The van der Waals surface area contributed by atoms with Crippen molar-refractivity contribution in [3.05, 3.63) is 11.1 Å². The molecule has 0 aliphatic carbocycles. The highest BCUT2D eigenvalue weighted by Crippen LogP contribution is 2.25. The van der Waals surface area contributed by atoms with E-state index in [0.717, 1.165) is 31.3 Å². The van der Waals surface area contributed by atoms with Crippen LogP contribution in [0.4, 0.5) is 0 Å². The number of imide groups is 1. The first-order chi connectivity index (χ1) is 10.2. The predicted octanol–water partition coefficient (Wildman–Crippen LogP) is 1.40. The van der Waals surface area contributed by atoms with Gasteiger partial charge in [-0.05, 0) is 20.8 Å². The van der Waals surface area contributed by atoms with Crippen LogP contribution in [0.2, 0.25) is 0 Å². The number of rotatable bonds is 2. The van der Waals surface area contributed by atoms with Crippen molar-refractivity contribution < 1.29 is 23.8 Å². The Bertz CT molecular complexity index is 425. The van der Waals surface area contributed by atoms with E-state index in [2.05, 4.69) is 13.8 Å². The zero-order valence-electron chi connectivity index (χ0n) is 14.4. The summed E-state index contributed by atoms with van der Waals surface area (Å²) in [5.41, 5.74) is 1.45. The molecule has 2 saturated heterocycles. The van der Waals surface area contributed by atoms with Crippen LogP contribution in [0.25, 0.3) is 0 Å². The van der Waals surface area contributed by atoms with Crippen LogP contribution < -0.4 is 0 Å². The summed E-state index contributed by atoms with van der Waals surface area (Å²) in [6.07, 6.45) is 0.583. The molecule has 6 heteroatoms. The summed E-state index contributed by atoms with van der Waals surface area (Å²) < 4.78 is 14.7. The Morgan fingerprint density at radius 2 is 1.64 bits per heavy atom. The fraction of sp³-hybridized carbons (Fsp3) is 0.750. The summed E-state index contributed by atoms with van der Waals surface area (Å²) in [4.78, 5) is 23.1. The first-order valence-corrected chi connectivity index (χ1v) is 7.40. The van der Waals surface area contributed by atoms with E-state index < -0.39 is 0 Å². The van der Waals surface area contributed by atoms with Crippen LogP contribution in [-0.4, -0.2) is 63.4 Å². The molecule has 0 aromatic carbocycles. The third-order valence-electron chi connectivity index (χ3n) is 3.71. The molecule has 126 valence electrons. The van der Waals surface area contributed by atoms with Crippen LogP contribution in [0.15, 0.2) is 11.1 Å². The first kappa shape index (κ1) is 18.8. The largest absolute Gasteiger partial charge is 0.384 e. The first-order valence-electron chi connectivity index (χ1n) is 7.40. The molecule has 0 bridgehead atoms. The number of carbonyl (C=O) groups excluding carboxylic acids is 2. The van der Waals surface area contributed by atoms with E-state index in [4.69, 9.17) is 14.2 Å². The molecule has 3 heterocycles. The Morgan fingerprint density at radius 3 is 1.73 bits per heavy atom. The van der Waals surface area contributed by atoms with Crippen LogP contribution in [0, 0.1) is 5.41 Å². The van der Waals surface area contributed by atoms with Gasteiger partial charge in [-0.1, -0.05) is 6.92 Å². The average Bonchev–Trinajstić information content (AvgIpc) is 3.22. The molecule has 2 amide bonds. The highest BCUT2D eigenvalue weighted by Gasteiger charge is 2.33. The summed E-state index contributed by atoms with van der Waals surface area (Å²) in [6, 6.07) is 0. The van der Waals surface area contributed by atoms with Crippen molar-refractivity contribution in [2.45, 2.75) is 33.8 Å². The molecule has 0 N–H and O–H groups in total. The minimum Gasteiger partial charge on any atom is -0.384 e. The number of carbonyl (C=O) groups is 2. The SMILES string of the molecule is CC1=C(C)C(=O)N(C)C1=O.CC1CO1.COCC1(C)COC1. The lowest BCUT2D eigenvalue weighted by Crippen LogP contribution is -2.43. The predicted molar refractivity (Wildman–Crippen MR) is 82.4 cm³/mol. The van der Waals surface area contributed by atoms with E-state index in [1.54, 1.807) is 21.0 Å². The number of hydrogen-bond acceptors (Lipinski definition) is 5. The lowest BCUT2D eigenvalue weighted by atomic mass is 9.90. The normalized spacial score (nSPS) is 25.0. The third kappa shape index (κ3) is 5.19. The van der Waals surface area contributed by atoms with E-state index in [-0.39, 0.29) is 11.8 Å². The number of amides is 2. The maximum absolute atomic E-state index is 11.0. The Kier molecular flexibility index (Phi) is 6.71. The Hall–Kier alpha value is -1.24. The molecule has 3 rings (SSSR count). The maximum atomic E-state index is 11.0. The van der Waals surface area contributed by atoms with Crippen LogP contribution >= 0.6 is 0 Å². The third-order valence-corrected chi connectivity index (χ3v) is 3.71. The van der Waals surface area contributed by atoms with Gasteiger partial charge < -0.3 is 14.2 Å². The van der Waals surface area contributed by atoms with Gasteiger partial charge in [0.1, 0.15) is 0 Å². The van der Waals surface area contributed by atoms with Gasteiger partial charge >= 0.3 is 0 Å². The molecule has 0 saturated carbocycles. The molecule has 1 unspecified atom stereocenters. The van der Waals surface area contributed by atoms with Gasteiger partial charge in [-0.15, -0.1) is 0 Å². The molecule has 1 atom stereocenters. The zero-order chi connectivity index (χ0) is 16.9. The van der Waals surface area contributed by atoms with Gasteiger partial charge in [0.25, 0.3) is 11.8 Å². The monoisotopic (exact) mass is 313 g/mol. The van der Waals surface area contributed by atoms with Crippen molar-refractivity contribution in [3.63, 3.8) is 0 Å². The minimum atomic E-state index is -0.178. The minimum absolute atomic E-state index is 0.178. The van der Waals surface area contributed by atoms with Crippen LogP contribution in [0.1, 0.15) is 27.7 Å². The van der Waals surface area contributed by atoms with Gasteiger partial charge in [-0.3, -0.25) is 14.5 Å². The number of ether oxygens (including phenoxy) is 3. The van der Waals surface area contributed by atoms with E-state index in [9.17, 15) is 9.59 Å². The quantitative estimate of drug-likeness (QED) is 0.569. The molecule has 0 radical (unpaired) electrons. The molecule has 2 fully saturated rings. The number of likely N-dealkylation sites (N-methyl/N-ethyl adjacent to an activating group) is 1. The average molecular weight is 313 g/mol. The molecule has 3 aliphatic rings. The van der Waals surface area contributed by atoms with E-state index in [1.165, 1.54) is 7.05 Å². The summed E-state index contributed by atoms with van der Waals surface area (Å²) in [7, 11) is 3.22. The van der Waals surface area contributed by atoms with Crippen molar-refractivity contribution in [1.29, 1.82) is 0 Å². The summed E-state index contributed by atoms with van der Waals surface area (Å²) in [5.74, 6) is -0.356. The van der Waals surface area contributed by atoms with Crippen molar-refractivity contribution in [1.82, 2.24) is 4.90 Å². The topological polar surface area (TPSA) is 68.4 Å².